The van der Waals surface area contributed by atoms with E-state index in [9.17, 15) is 19.5 Å². The number of hydrogen-bond acceptors (Lipinski definition) is 6. The van der Waals surface area contributed by atoms with Gasteiger partial charge in [0.1, 0.15) is 12.1 Å². The summed E-state index contributed by atoms with van der Waals surface area (Å²) >= 11 is 1.58. The van der Waals surface area contributed by atoms with Crippen LogP contribution in [0.15, 0.2) is 29.8 Å². The number of ether oxygens (including phenoxy) is 1. The normalized spacial score (nSPS) is 19.8. The van der Waals surface area contributed by atoms with Crippen molar-refractivity contribution >= 4 is 29.2 Å². The lowest BCUT2D eigenvalue weighted by Crippen LogP contribution is -2.57. The molecule has 10 heteroatoms. The van der Waals surface area contributed by atoms with Gasteiger partial charge in [-0.15, -0.1) is 11.3 Å². The van der Waals surface area contributed by atoms with Crippen LogP contribution in [0.5, 0.6) is 0 Å². The fourth-order valence-corrected chi connectivity index (χ4v) is 5.10. The first-order valence-electron chi connectivity index (χ1n) is 11.6. The van der Waals surface area contributed by atoms with E-state index in [4.69, 9.17) is 4.74 Å². The summed E-state index contributed by atoms with van der Waals surface area (Å²) in [5.74, 6) is -0.729. The van der Waals surface area contributed by atoms with Crippen molar-refractivity contribution in [2.75, 3.05) is 13.7 Å². The third kappa shape index (κ3) is 6.18. The van der Waals surface area contributed by atoms with Crippen molar-refractivity contribution in [2.24, 2.45) is 5.41 Å². The van der Waals surface area contributed by atoms with Gasteiger partial charge in [0.05, 0.1) is 28.2 Å². The van der Waals surface area contributed by atoms with Crippen LogP contribution in [0.2, 0.25) is 0 Å². The van der Waals surface area contributed by atoms with E-state index in [2.05, 4.69) is 15.6 Å². The quantitative estimate of drug-likeness (QED) is 0.532. The average Bonchev–Trinajstić information content (AvgIpc) is 3.42. The molecule has 3 amide bonds. The Kier molecular flexibility index (Phi) is 8.17. The van der Waals surface area contributed by atoms with E-state index in [1.165, 1.54) is 4.90 Å². The lowest BCUT2D eigenvalue weighted by molar-refractivity contribution is -0.142. The maximum Gasteiger partial charge on any atom is 0.405 e. The minimum Gasteiger partial charge on any atom is -0.465 e. The molecule has 1 aliphatic heterocycles. The predicted octanol–water partition coefficient (Wildman–Crippen LogP) is 3.59. The number of aromatic nitrogens is 1. The van der Waals surface area contributed by atoms with Crippen molar-refractivity contribution in [3.8, 4) is 10.4 Å². The molecule has 0 saturated carbocycles. The average molecular weight is 503 g/mol. The van der Waals surface area contributed by atoms with Crippen molar-refractivity contribution in [2.45, 2.75) is 65.3 Å². The van der Waals surface area contributed by atoms with Gasteiger partial charge in [-0.3, -0.25) is 9.59 Å². The lowest BCUT2D eigenvalue weighted by Gasteiger charge is -2.34. The number of likely N-dealkylation sites (tertiary alicyclic amines) is 1. The highest BCUT2D eigenvalue weighted by molar-refractivity contribution is 7.13. The van der Waals surface area contributed by atoms with Crippen molar-refractivity contribution in [3.63, 3.8) is 0 Å². The third-order valence-electron chi connectivity index (χ3n) is 6.34. The van der Waals surface area contributed by atoms with Crippen molar-refractivity contribution < 1.29 is 24.2 Å². The van der Waals surface area contributed by atoms with Crippen LogP contribution in [-0.2, 0) is 14.3 Å². The molecule has 1 fully saturated rings. The molecular formula is C25H34N4O5S. The van der Waals surface area contributed by atoms with E-state index in [0.717, 1.165) is 21.7 Å². The van der Waals surface area contributed by atoms with Gasteiger partial charge >= 0.3 is 6.09 Å². The van der Waals surface area contributed by atoms with Gasteiger partial charge in [0, 0.05) is 20.1 Å². The zero-order valence-corrected chi connectivity index (χ0v) is 21.8. The topological polar surface area (TPSA) is 121 Å². The van der Waals surface area contributed by atoms with Gasteiger partial charge in [-0.2, -0.15) is 0 Å². The molecule has 4 atom stereocenters. The number of aryl methyl sites for hydroxylation is 1. The first-order valence-corrected chi connectivity index (χ1v) is 12.4. The van der Waals surface area contributed by atoms with Gasteiger partial charge in [-0.25, -0.2) is 9.78 Å². The van der Waals surface area contributed by atoms with Gasteiger partial charge in [-0.05, 0) is 30.4 Å². The van der Waals surface area contributed by atoms with Crippen LogP contribution < -0.4 is 10.6 Å². The Hall–Kier alpha value is -2.98. The minimum absolute atomic E-state index is 0.221. The van der Waals surface area contributed by atoms with Crippen molar-refractivity contribution in [3.05, 3.63) is 41.0 Å². The molecule has 0 radical (unpaired) electrons. The van der Waals surface area contributed by atoms with Crippen molar-refractivity contribution in [1.29, 1.82) is 0 Å². The van der Waals surface area contributed by atoms with Crippen LogP contribution in [0.3, 0.4) is 0 Å². The zero-order chi connectivity index (χ0) is 25.9. The van der Waals surface area contributed by atoms with E-state index in [1.54, 1.807) is 39.2 Å². The second-order valence-electron chi connectivity index (χ2n) is 9.97. The molecule has 0 aliphatic carbocycles. The van der Waals surface area contributed by atoms with Crippen LogP contribution in [0.25, 0.3) is 10.4 Å². The molecule has 2 aromatic rings. The Morgan fingerprint density at radius 3 is 2.37 bits per heavy atom. The number of carboxylic acid groups (broad SMARTS) is 1. The number of carbonyl (C=O) groups is 3. The lowest BCUT2D eigenvalue weighted by atomic mass is 9.85. The number of thiazole rings is 1. The number of hydrogen-bond donors (Lipinski definition) is 3. The molecule has 9 nitrogen and oxygen atoms in total. The molecule has 35 heavy (non-hydrogen) atoms. The van der Waals surface area contributed by atoms with Gasteiger partial charge in [-0.1, -0.05) is 45.0 Å². The molecule has 1 aromatic heterocycles. The van der Waals surface area contributed by atoms with E-state index in [1.807, 2.05) is 43.6 Å². The minimum atomic E-state index is -1.28. The highest BCUT2D eigenvalue weighted by Gasteiger charge is 2.45. The zero-order valence-electron chi connectivity index (χ0n) is 21.0. The Balaban J connectivity index is 1.75. The fourth-order valence-electron chi connectivity index (χ4n) is 4.29. The van der Waals surface area contributed by atoms with E-state index in [-0.39, 0.29) is 24.6 Å². The first kappa shape index (κ1) is 26.6. The summed E-state index contributed by atoms with van der Waals surface area (Å²) in [6.07, 6.45) is -1.25. The summed E-state index contributed by atoms with van der Waals surface area (Å²) in [4.78, 5) is 44.9. The Labute approximate surface area is 209 Å². The van der Waals surface area contributed by atoms with Crippen molar-refractivity contribution in [1.82, 2.24) is 20.5 Å². The number of rotatable bonds is 7. The smallest absolute Gasteiger partial charge is 0.405 e. The summed E-state index contributed by atoms with van der Waals surface area (Å²) in [5.41, 5.74) is 4.13. The fraction of sp³-hybridized carbons (Fsp3) is 0.520. The first-order chi connectivity index (χ1) is 16.4. The van der Waals surface area contributed by atoms with E-state index < -0.39 is 29.5 Å². The van der Waals surface area contributed by atoms with Gasteiger partial charge in [0.25, 0.3) is 0 Å². The predicted molar refractivity (Wildman–Crippen MR) is 134 cm³/mol. The summed E-state index contributed by atoms with van der Waals surface area (Å²) in [6, 6.07) is 5.93. The summed E-state index contributed by atoms with van der Waals surface area (Å²) in [6.45, 7) is 9.43. The van der Waals surface area contributed by atoms with Crippen LogP contribution >= 0.6 is 11.3 Å². The van der Waals surface area contributed by atoms with E-state index in [0.29, 0.717) is 6.42 Å². The van der Waals surface area contributed by atoms with Crippen LogP contribution in [0, 0.1) is 12.3 Å². The molecule has 0 bridgehead atoms. The number of carbonyl (C=O) groups excluding carboxylic acids is 2. The molecule has 0 spiro atoms. The van der Waals surface area contributed by atoms with Crippen LogP contribution in [-0.4, -0.2) is 64.7 Å². The number of nitrogens with zero attached hydrogens (tertiary/aromatic N) is 2. The second kappa shape index (κ2) is 10.7. The molecule has 3 N–H and O–H groups in total. The number of nitrogens with one attached hydrogen (secondary N) is 2. The Bertz CT molecular complexity index is 1060. The summed E-state index contributed by atoms with van der Waals surface area (Å²) in [5, 5.41) is 14.6. The molecule has 1 aromatic carbocycles. The molecule has 1 unspecified atom stereocenters. The third-order valence-corrected chi connectivity index (χ3v) is 7.32. The van der Waals surface area contributed by atoms with Gasteiger partial charge < -0.3 is 25.4 Å². The largest absolute Gasteiger partial charge is 0.465 e. The number of benzene rings is 1. The maximum atomic E-state index is 13.4. The molecular weight excluding hydrogens is 468 g/mol. The van der Waals surface area contributed by atoms with E-state index >= 15 is 0 Å². The highest BCUT2D eigenvalue weighted by atomic mass is 32.1. The second-order valence-corrected chi connectivity index (χ2v) is 10.8. The Morgan fingerprint density at radius 1 is 1.20 bits per heavy atom. The SMILES string of the molecule is CO[C@@H]1C[C@@H](C(=O)N[C@@H](C)c2ccc(-c3scnc3C)cc2)N(C(=O)C(NC(=O)O)C(C)(C)C)C1. The number of methoxy groups -OCH3 is 1. The Morgan fingerprint density at radius 2 is 1.86 bits per heavy atom. The summed E-state index contributed by atoms with van der Waals surface area (Å²) < 4.78 is 5.45. The van der Waals surface area contributed by atoms with Crippen LogP contribution in [0.4, 0.5) is 4.79 Å². The molecule has 1 aliphatic rings. The maximum absolute atomic E-state index is 13.4. The van der Waals surface area contributed by atoms with Gasteiger partial charge in [0.2, 0.25) is 11.8 Å². The molecule has 2 heterocycles. The molecule has 3 rings (SSSR count). The van der Waals surface area contributed by atoms with Crippen LogP contribution in [0.1, 0.15) is 51.4 Å². The number of amides is 3. The monoisotopic (exact) mass is 502 g/mol. The standard InChI is InChI=1S/C25H34N4O5S/c1-14(16-7-9-17(10-8-16)20-15(2)26-13-35-20)27-22(30)19-11-18(34-6)12-29(19)23(31)21(25(3,4)5)28-24(32)33/h7-10,13-14,18-19,21,28H,11-12H2,1-6H3,(H,27,30)(H,32,33)/t14-,18+,19-,21?/m0/s1. The highest BCUT2D eigenvalue weighted by Crippen LogP contribution is 2.29. The molecule has 190 valence electrons. The molecule has 1 saturated heterocycles. The summed E-state index contributed by atoms with van der Waals surface area (Å²) in [7, 11) is 1.54. The van der Waals surface area contributed by atoms with Gasteiger partial charge in [0.15, 0.2) is 0 Å².